The third-order valence-electron chi connectivity index (χ3n) is 4.88. The lowest BCUT2D eigenvalue weighted by atomic mass is 10.1. The Hall–Kier alpha value is -2.69. The van der Waals surface area contributed by atoms with Crippen molar-refractivity contribution in [2.24, 2.45) is 0 Å². The Morgan fingerprint density at radius 1 is 1.04 bits per heavy atom. The molecule has 28 heavy (non-hydrogen) atoms. The van der Waals surface area contributed by atoms with Crippen LogP contribution in [0.4, 0.5) is 0 Å². The largest absolute Gasteiger partial charge is 0.337 e. The van der Waals surface area contributed by atoms with Crippen LogP contribution in [0.5, 0.6) is 0 Å². The van der Waals surface area contributed by atoms with E-state index >= 15 is 0 Å². The van der Waals surface area contributed by atoms with E-state index in [1.165, 1.54) is 6.07 Å². The Morgan fingerprint density at radius 2 is 1.75 bits per heavy atom. The number of carbonyl (C=O) groups excluding carboxylic acids is 1. The fourth-order valence-corrected chi connectivity index (χ4v) is 4.29. The molecule has 1 heterocycles. The molecule has 0 N–H and O–H groups in total. The van der Waals surface area contributed by atoms with Crippen LogP contribution in [0.1, 0.15) is 27.9 Å². The lowest BCUT2D eigenvalue weighted by Gasteiger charge is -2.23. The molecule has 1 aliphatic rings. The minimum Gasteiger partial charge on any atom is -0.337 e. The van der Waals surface area contributed by atoms with E-state index in [9.17, 15) is 13.2 Å². The lowest BCUT2D eigenvalue weighted by molar-refractivity contribution is 0.0757. The maximum Gasteiger partial charge on any atom is 0.255 e. The lowest BCUT2D eigenvalue weighted by Crippen LogP contribution is -2.35. The van der Waals surface area contributed by atoms with Crippen LogP contribution in [0.2, 0.25) is 0 Å². The zero-order valence-electron chi connectivity index (χ0n) is 15.8. The Bertz CT molecular complexity index is 994. The van der Waals surface area contributed by atoms with Gasteiger partial charge in [-0.25, -0.2) is 8.42 Å². The summed E-state index contributed by atoms with van der Waals surface area (Å²) in [5.74, 6) is -0.235. The summed E-state index contributed by atoms with van der Waals surface area (Å²) >= 11 is 0. The third-order valence-corrected chi connectivity index (χ3v) is 6.04. The van der Waals surface area contributed by atoms with Crippen LogP contribution in [0, 0.1) is 11.3 Å². The van der Waals surface area contributed by atoms with Crippen molar-refractivity contribution in [3.63, 3.8) is 0 Å². The molecule has 3 rings (SSSR count). The smallest absolute Gasteiger partial charge is 0.255 e. The van der Waals surface area contributed by atoms with E-state index in [1.807, 2.05) is 24.3 Å². The van der Waals surface area contributed by atoms with Gasteiger partial charge in [0.25, 0.3) is 5.91 Å². The summed E-state index contributed by atoms with van der Waals surface area (Å²) in [5, 5.41) is 8.90. The highest BCUT2D eigenvalue weighted by atomic mass is 32.2. The summed E-state index contributed by atoms with van der Waals surface area (Å²) < 4.78 is 24.0. The standard InChI is InChI=1S/C21H23N3O3S/c1-28(26,27)20-6-3-2-5-19(20)21(25)24-12-4-11-23(13-14-24)16-18-9-7-17(15-22)8-10-18/h2-3,5-10H,4,11-14,16H2,1H3. The molecule has 0 unspecified atom stereocenters. The molecule has 0 radical (unpaired) electrons. The van der Waals surface area contributed by atoms with E-state index in [-0.39, 0.29) is 16.4 Å². The SMILES string of the molecule is CS(=O)(=O)c1ccccc1C(=O)N1CCCN(Cc2ccc(C#N)cc2)CC1. The molecule has 0 spiro atoms. The number of sulfone groups is 1. The molecule has 0 saturated carbocycles. The fraction of sp³-hybridized carbons (Fsp3) is 0.333. The Balaban J connectivity index is 1.68. The highest BCUT2D eigenvalue weighted by Crippen LogP contribution is 2.19. The normalized spacial score (nSPS) is 15.6. The molecular formula is C21H23N3O3S. The van der Waals surface area contributed by atoms with Crippen LogP contribution in [0.15, 0.2) is 53.4 Å². The summed E-state index contributed by atoms with van der Waals surface area (Å²) in [6, 6.07) is 16.0. The number of benzene rings is 2. The third kappa shape index (κ3) is 4.77. The molecular weight excluding hydrogens is 374 g/mol. The minimum atomic E-state index is -3.46. The van der Waals surface area contributed by atoms with E-state index in [0.29, 0.717) is 25.2 Å². The number of hydrogen-bond donors (Lipinski definition) is 0. The topological polar surface area (TPSA) is 81.5 Å². The second-order valence-electron chi connectivity index (χ2n) is 7.00. The average Bonchev–Trinajstić information content (AvgIpc) is 2.93. The minimum absolute atomic E-state index is 0.0821. The van der Waals surface area contributed by atoms with Gasteiger partial charge in [-0.15, -0.1) is 0 Å². The Kier molecular flexibility index (Phi) is 6.12. The van der Waals surface area contributed by atoms with Gasteiger partial charge >= 0.3 is 0 Å². The van der Waals surface area contributed by atoms with E-state index in [2.05, 4.69) is 11.0 Å². The van der Waals surface area contributed by atoms with Gasteiger partial charge in [-0.05, 0) is 36.2 Å². The fourth-order valence-electron chi connectivity index (χ4n) is 3.41. The van der Waals surface area contributed by atoms with Gasteiger partial charge in [0.1, 0.15) is 0 Å². The zero-order valence-corrected chi connectivity index (χ0v) is 16.7. The highest BCUT2D eigenvalue weighted by Gasteiger charge is 2.24. The van der Waals surface area contributed by atoms with Gasteiger partial charge < -0.3 is 4.90 Å². The van der Waals surface area contributed by atoms with Crippen LogP contribution >= 0.6 is 0 Å². The first kappa shape index (κ1) is 20.1. The van der Waals surface area contributed by atoms with Crippen molar-refractivity contribution in [1.82, 2.24) is 9.80 Å². The maximum absolute atomic E-state index is 13.0. The van der Waals surface area contributed by atoms with Crippen LogP contribution < -0.4 is 0 Å². The first-order valence-corrected chi connectivity index (χ1v) is 11.1. The molecule has 1 aliphatic heterocycles. The van der Waals surface area contributed by atoms with E-state index in [4.69, 9.17) is 5.26 Å². The highest BCUT2D eigenvalue weighted by molar-refractivity contribution is 7.90. The van der Waals surface area contributed by atoms with Gasteiger partial charge in [0.05, 0.1) is 22.1 Å². The van der Waals surface area contributed by atoms with Gasteiger partial charge in [0, 0.05) is 39.0 Å². The molecule has 0 aromatic heterocycles. The predicted molar refractivity (Wildman–Crippen MR) is 107 cm³/mol. The monoisotopic (exact) mass is 397 g/mol. The molecule has 1 amide bonds. The van der Waals surface area contributed by atoms with Crippen LogP contribution in [0.3, 0.4) is 0 Å². The van der Waals surface area contributed by atoms with Gasteiger partial charge in [-0.3, -0.25) is 9.69 Å². The number of amides is 1. The number of hydrogen-bond acceptors (Lipinski definition) is 5. The molecule has 1 fully saturated rings. The van der Waals surface area contributed by atoms with Crippen molar-refractivity contribution in [2.75, 3.05) is 32.4 Å². The average molecular weight is 398 g/mol. The van der Waals surface area contributed by atoms with Crippen LogP contribution in [-0.4, -0.2) is 56.6 Å². The molecule has 0 atom stereocenters. The van der Waals surface area contributed by atoms with Gasteiger partial charge in [0.2, 0.25) is 0 Å². The van der Waals surface area contributed by atoms with Crippen molar-refractivity contribution in [3.8, 4) is 6.07 Å². The molecule has 7 heteroatoms. The van der Waals surface area contributed by atoms with Gasteiger partial charge in [-0.1, -0.05) is 24.3 Å². The van der Waals surface area contributed by atoms with Crippen molar-refractivity contribution in [3.05, 3.63) is 65.2 Å². The Morgan fingerprint density at radius 3 is 2.43 bits per heavy atom. The molecule has 2 aromatic rings. The first-order chi connectivity index (χ1) is 13.4. The zero-order chi connectivity index (χ0) is 20.1. The van der Waals surface area contributed by atoms with Gasteiger partial charge in [0.15, 0.2) is 9.84 Å². The molecule has 0 aliphatic carbocycles. The molecule has 146 valence electrons. The number of carbonyl (C=O) groups is 1. The Labute approximate surface area is 165 Å². The van der Waals surface area contributed by atoms with Crippen LogP contribution in [-0.2, 0) is 16.4 Å². The van der Waals surface area contributed by atoms with Crippen molar-refractivity contribution in [1.29, 1.82) is 5.26 Å². The summed E-state index contributed by atoms with van der Waals surface area (Å²) in [6.45, 7) is 3.48. The molecule has 0 bridgehead atoms. The molecule has 6 nitrogen and oxygen atoms in total. The quantitative estimate of drug-likeness (QED) is 0.791. The molecule has 1 saturated heterocycles. The van der Waals surface area contributed by atoms with E-state index < -0.39 is 9.84 Å². The van der Waals surface area contributed by atoms with Crippen molar-refractivity contribution < 1.29 is 13.2 Å². The molecule has 2 aromatic carbocycles. The van der Waals surface area contributed by atoms with Gasteiger partial charge in [-0.2, -0.15) is 5.26 Å². The van der Waals surface area contributed by atoms with Crippen molar-refractivity contribution in [2.45, 2.75) is 17.9 Å². The van der Waals surface area contributed by atoms with Crippen molar-refractivity contribution >= 4 is 15.7 Å². The second kappa shape index (κ2) is 8.55. The summed E-state index contributed by atoms with van der Waals surface area (Å²) in [7, 11) is -3.46. The summed E-state index contributed by atoms with van der Waals surface area (Å²) in [6.07, 6.45) is 1.95. The number of rotatable bonds is 4. The first-order valence-electron chi connectivity index (χ1n) is 9.18. The number of nitriles is 1. The van der Waals surface area contributed by atoms with Crippen LogP contribution in [0.25, 0.3) is 0 Å². The van der Waals surface area contributed by atoms with E-state index in [1.54, 1.807) is 23.1 Å². The predicted octanol–water partition coefficient (Wildman–Crippen LogP) is 2.31. The maximum atomic E-state index is 13.0. The van der Waals surface area contributed by atoms with E-state index in [0.717, 1.165) is 31.3 Å². The summed E-state index contributed by atoms with van der Waals surface area (Å²) in [5.41, 5.74) is 2.01. The summed E-state index contributed by atoms with van der Waals surface area (Å²) in [4.78, 5) is 17.1. The number of nitrogens with zero attached hydrogens (tertiary/aromatic N) is 3. The second-order valence-corrected chi connectivity index (χ2v) is 8.98.